The Morgan fingerprint density at radius 3 is 2.40 bits per heavy atom. The third-order valence-corrected chi connectivity index (χ3v) is 4.52. The second kappa shape index (κ2) is 9.38. The molecule has 3 heteroatoms. The van der Waals surface area contributed by atoms with Crippen molar-refractivity contribution in [1.29, 1.82) is 0 Å². The Kier molecular flexibility index (Phi) is 7.20. The normalized spacial score (nSPS) is 11.1. The molecule has 2 rings (SSSR count). The number of amides is 1. The van der Waals surface area contributed by atoms with Crippen LogP contribution in [0.15, 0.2) is 48.5 Å². The Morgan fingerprint density at radius 1 is 1.08 bits per heavy atom. The van der Waals surface area contributed by atoms with E-state index in [1.807, 2.05) is 12.1 Å². The molecule has 3 nitrogen and oxygen atoms in total. The third kappa shape index (κ3) is 6.02. The fraction of sp³-hybridized carbons (Fsp3) is 0.409. The minimum Gasteiger partial charge on any atom is -0.352 e. The van der Waals surface area contributed by atoms with Crippen LogP contribution in [0.1, 0.15) is 47.8 Å². The molecule has 0 spiro atoms. The first-order chi connectivity index (χ1) is 12.0. The lowest BCUT2D eigenvalue weighted by atomic mass is 10.1. The number of aryl methyl sites for hydroxylation is 1. The highest BCUT2D eigenvalue weighted by Gasteiger charge is 2.09. The summed E-state index contributed by atoms with van der Waals surface area (Å²) in [5.41, 5.74) is 4.47. The zero-order chi connectivity index (χ0) is 18.2. The van der Waals surface area contributed by atoms with E-state index in [0.717, 1.165) is 25.1 Å². The summed E-state index contributed by atoms with van der Waals surface area (Å²) >= 11 is 0. The predicted octanol–water partition coefficient (Wildman–Crippen LogP) is 4.20. The molecule has 0 saturated carbocycles. The van der Waals surface area contributed by atoms with Crippen LogP contribution in [0.5, 0.6) is 0 Å². The molecular formula is C22H30N2O. The van der Waals surface area contributed by atoms with Gasteiger partial charge in [-0.25, -0.2) is 0 Å². The lowest BCUT2D eigenvalue weighted by molar-refractivity contribution is 0.0954. The number of benzene rings is 2. The second-order valence-electron chi connectivity index (χ2n) is 6.85. The lowest BCUT2D eigenvalue weighted by Gasteiger charge is -2.24. The first-order valence-electron chi connectivity index (χ1n) is 9.16. The summed E-state index contributed by atoms with van der Waals surface area (Å²) in [6.07, 6.45) is 0.853. The Bertz CT molecular complexity index is 677. The van der Waals surface area contributed by atoms with E-state index in [4.69, 9.17) is 0 Å². The average Bonchev–Trinajstić information content (AvgIpc) is 2.60. The predicted molar refractivity (Wildman–Crippen MR) is 105 cm³/mol. The van der Waals surface area contributed by atoms with Crippen LogP contribution in [0.2, 0.25) is 0 Å². The van der Waals surface area contributed by atoms with E-state index in [-0.39, 0.29) is 5.91 Å². The smallest absolute Gasteiger partial charge is 0.251 e. The molecule has 2 aromatic rings. The molecule has 2 aromatic carbocycles. The molecule has 0 heterocycles. The zero-order valence-electron chi connectivity index (χ0n) is 15.9. The maximum atomic E-state index is 12.3. The van der Waals surface area contributed by atoms with Gasteiger partial charge in [0.05, 0.1) is 0 Å². The quantitative estimate of drug-likeness (QED) is 0.782. The summed E-state index contributed by atoms with van der Waals surface area (Å²) in [7, 11) is 0. The minimum absolute atomic E-state index is 0.00425. The van der Waals surface area contributed by atoms with E-state index in [1.165, 1.54) is 16.7 Å². The van der Waals surface area contributed by atoms with E-state index in [0.29, 0.717) is 12.6 Å². The molecule has 1 amide bonds. The number of carbonyl (C=O) groups is 1. The van der Waals surface area contributed by atoms with Gasteiger partial charge >= 0.3 is 0 Å². The molecule has 1 N–H and O–H groups in total. The number of rotatable bonds is 8. The molecule has 0 radical (unpaired) electrons. The first-order valence-corrected chi connectivity index (χ1v) is 9.16. The molecule has 0 fully saturated rings. The maximum Gasteiger partial charge on any atom is 0.251 e. The van der Waals surface area contributed by atoms with Gasteiger partial charge in [0.2, 0.25) is 0 Å². The topological polar surface area (TPSA) is 32.3 Å². The number of hydrogen-bond donors (Lipinski definition) is 1. The van der Waals surface area contributed by atoms with Crippen LogP contribution < -0.4 is 5.32 Å². The van der Waals surface area contributed by atoms with E-state index in [9.17, 15) is 4.79 Å². The van der Waals surface area contributed by atoms with E-state index in [2.05, 4.69) is 74.3 Å². The van der Waals surface area contributed by atoms with Crippen LogP contribution in [0.3, 0.4) is 0 Å². The van der Waals surface area contributed by atoms with Crippen molar-refractivity contribution in [1.82, 2.24) is 10.2 Å². The molecule has 0 aliphatic carbocycles. The van der Waals surface area contributed by atoms with Crippen molar-refractivity contribution in [2.45, 2.75) is 46.7 Å². The highest BCUT2D eigenvalue weighted by molar-refractivity contribution is 5.94. The summed E-state index contributed by atoms with van der Waals surface area (Å²) in [6, 6.07) is 16.9. The van der Waals surface area contributed by atoms with Crippen LogP contribution in [0, 0.1) is 6.92 Å². The summed E-state index contributed by atoms with van der Waals surface area (Å²) in [5, 5.41) is 3.01. The van der Waals surface area contributed by atoms with Gasteiger partial charge in [0.25, 0.3) is 5.91 Å². The molecule has 0 aromatic heterocycles. The summed E-state index contributed by atoms with van der Waals surface area (Å²) in [4.78, 5) is 14.7. The lowest BCUT2D eigenvalue weighted by Crippen LogP contribution is -2.30. The molecule has 0 aliphatic rings. The summed E-state index contributed by atoms with van der Waals surface area (Å²) in [6.45, 7) is 11.3. The van der Waals surface area contributed by atoms with E-state index in [1.54, 1.807) is 0 Å². The molecule has 0 saturated heterocycles. The summed E-state index contributed by atoms with van der Waals surface area (Å²) in [5.74, 6) is -0.00425. The number of nitrogens with one attached hydrogen (secondary N) is 1. The monoisotopic (exact) mass is 338 g/mol. The molecule has 0 aliphatic heterocycles. The minimum atomic E-state index is -0.00425. The van der Waals surface area contributed by atoms with Crippen LogP contribution in [-0.2, 0) is 13.0 Å². The molecule has 25 heavy (non-hydrogen) atoms. The SMILES string of the molecule is CCN(Cc1ccc(C(=O)NCCc2cccc(C)c2)cc1)C(C)C. The Labute approximate surface area is 152 Å². The van der Waals surface area contributed by atoms with Crippen LogP contribution in [0.4, 0.5) is 0 Å². The van der Waals surface area contributed by atoms with Gasteiger partial charge in [-0.2, -0.15) is 0 Å². The van der Waals surface area contributed by atoms with Gasteiger partial charge in [-0.15, -0.1) is 0 Å². The van der Waals surface area contributed by atoms with Crippen LogP contribution in [-0.4, -0.2) is 29.9 Å². The zero-order valence-corrected chi connectivity index (χ0v) is 15.9. The van der Waals surface area contributed by atoms with Gasteiger partial charge in [0.15, 0.2) is 0 Å². The van der Waals surface area contributed by atoms with Crippen molar-refractivity contribution in [3.8, 4) is 0 Å². The first kappa shape index (κ1) is 19.2. The van der Waals surface area contributed by atoms with Crippen molar-refractivity contribution in [2.75, 3.05) is 13.1 Å². The van der Waals surface area contributed by atoms with Gasteiger partial charge in [-0.05, 0) is 57.0 Å². The highest BCUT2D eigenvalue weighted by atomic mass is 16.1. The number of hydrogen-bond acceptors (Lipinski definition) is 2. The largest absolute Gasteiger partial charge is 0.352 e. The van der Waals surface area contributed by atoms with Gasteiger partial charge < -0.3 is 5.32 Å². The van der Waals surface area contributed by atoms with Gasteiger partial charge in [0.1, 0.15) is 0 Å². The number of carbonyl (C=O) groups excluding carboxylic acids is 1. The number of nitrogens with zero attached hydrogens (tertiary/aromatic N) is 1. The average molecular weight is 338 g/mol. The molecule has 0 unspecified atom stereocenters. The third-order valence-electron chi connectivity index (χ3n) is 4.52. The van der Waals surface area contributed by atoms with Crippen LogP contribution in [0.25, 0.3) is 0 Å². The van der Waals surface area contributed by atoms with Crippen molar-refractivity contribution in [3.63, 3.8) is 0 Å². The fourth-order valence-electron chi connectivity index (χ4n) is 2.95. The second-order valence-corrected chi connectivity index (χ2v) is 6.85. The van der Waals surface area contributed by atoms with Gasteiger partial charge in [-0.3, -0.25) is 9.69 Å². The molecule has 134 valence electrons. The van der Waals surface area contributed by atoms with E-state index < -0.39 is 0 Å². The molecular weight excluding hydrogens is 308 g/mol. The maximum absolute atomic E-state index is 12.3. The van der Waals surface area contributed by atoms with Crippen molar-refractivity contribution >= 4 is 5.91 Å². The van der Waals surface area contributed by atoms with Crippen molar-refractivity contribution in [3.05, 3.63) is 70.8 Å². The van der Waals surface area contributed by atoms with E-state index >= 15 is 0 Å². The fourth-order valence-corrected chi connectivity index (χ4v) is 2.95. The molecule has 0 atom stereocenters. The van der Waals surface area contributed by atoms with Crippen molar-refractivity contribution < 1.29 is 4.79 Å². The van der Waals surface area contributed by atoms with Gasteiger partial charge in [0, 0.05) is 24.7 Å². The Hall–Kier alpha value is -2.13. The van der Waals surface area contributed by atoms with Crippen LogP contribution >= 0.6 is 0 Å². The Balaban J connectivity index is 1.85. The standard InChI is InChI=1S/C22H30N2O/c1-5-24(17(2)3)16-20-9-11-21(12-10-20)22(25)23-14-13-19-8-6-7-18(4)15-19/h6-12,15,17H,5,13-14,16H2,1-4H3,(H,23,25). The highest BCUT2D eigenvalue weighted by Crippen LogP contribution is 2.10. The van der Waals surface area contributed by atoms with Crippen molar-refractivity contribution in [2.24, 2.45) is 0 Å². The summed E-state index contributed by atoms with van der Waals surface area (Å²) < 4.78 is 0. The Morgan fingerprint density at radius 2 is 1.80 bits per heavy atom. The van der Waals surface area contributed by atoms with Gasteiger partial charge in [-0.1, -0.05) is 48.9 Å². The molecule has 0 bridgehead atoms.